The van der Waals surface area contributed by atoms with Crippen molar-refractivity contribution in [2.24, 2.45) is 0 Å². The Morgan fingerprint density at radius 3 is 3.22 bits per heavy atom. The summed E-state index contributed by atoms with van der Waals surface area (Å²) in [5.41, 5.74) is 2.50. The van der Waals surface area contributed by atoms with Crippen LogP contribution in [0, 0.1) is 0 Å². The highest BCUT2D eigenvalue weighted by Gasteiger charge is 2.21. The molecule has 3 nitrogen and oxygen atoms in total. The van der Waals surface area contributed by atoms with Crippen LogP contribution in [0.15, 0.2) is 24.4 Å². The van der Waals surface area contributed by atoms with Crippen molar-refractivity contribution in [1.29, 1.82) is 0 Å². The zero-order valence-corrected chi connectivity index (χ0v) is 10.8. The Kier molecular flexibility index (Phi) is 3.24. The molecule has 0 spiro atoms. The third-order valence-corrected chi connectivity index (χ3v) is 3.59. The molecule has 1 unspecified atom stereocenters. The molecule has 96 valence electrons. The topological polar surface area (TPSA) is 37.0 Å². The molecule has 0 amide bonds. The van der Waals surface area contributed by atoms with Gasteiger partial charge < -0.3 is 15.0 Å². The average Bonchev–Trinajstić information content (AvgIpc) is 2.87. The van der Waals surface area contributed by atoms with E-state index in [1.165, 1.54) is 17.4 Å². The summed E-state index contributed by atoms with van der Waals surface area (Å²) in [6.45, 7) is 4.21. The molecular formula is C15H20N2O. The Hall–Kier alpha value is -1.48. The minimum atomic E-state index is 0.310. The van der Waals surface area contributed by atoms with Crippen molar-refractivity contribution in [2.45, 2.75) is 32.3 Å². The highest BCUT2D eigenvalue weighted by Crippen LogP contribution is 2.34. The lowest BCUT2D eigenvalue weighted by Gasteiger charge is -2.27. The number of aryl methyl sites for hydroxylation is 1. The number of nitrogens with one attached hydrogen (secondary N) is 2. The molecule has 1 aliphatic rings. The van der Waals surface area contributed by atoms with Gasteiger partial charge in [0, 0.05) is 23.6 Å². The molecule has 0 saturated carbocycles. The van der Waals surface area contributed by atoms with E-state index in [-0.39, 0.29) is 0 Å². The summed E-state index contributed by atoms with van der Waals surface area (Å²) >= 11 is 0. The van der Waals surface area contributed by atoms with E-state index >= 15 is 0 Å². The van der Waals surface area contributed by atoms with Crippen LogP contribution in [0.2, 0.25) is 0 Å². The van der Waals surface area contributed by atoms with E-state index in [2.05, 4.69) is 35.4 Å². The molecule has 0 radical (unpaired) electrons. The molecule has 3 heteroatoms. The number of aromatic nitrogens is 1. The number of hydrogen-bond donors (Lipinski definition) is 2. The summed E-state index contributed by atoms with van der Waals surface area (Å²) in [7, 11) is 0. The fourth-order valence-corrected chi connectivity index (χ4v) is 2.61. The van der Waals surface area contributed by atoms with Crippen LogP contribution in [0.25, 0.3) is 10.9 Å². The van der Waals surface area contributed by atoms with Crippen LogP contribution in [0.3, 0.4) is 0 Å². The summed E-state index contributed by atoms with van der Waals surface area (Å²) in [6.07, 6.45) is 5.69. The van der Waals surface area contributed by atoms with Crippen molar-refractivity contribution >= 4 is 10.9 Å². The fourth-order valence-electron chi connectivity index (χ4n) is 2.61. The van der Waals surface area contributed by atoms with Crippen molar-refractivity contribution in [2.75, 3.05) is 13.1 Å². The third kappa shape index (κ3) is 2.10. The second-order valence-electron chi connectivity index (χ2n) is 4.98. The van der Waals surface area contributed by atoms with E-state index in [1.807, 2.05) is 6.20 Å². The van der Waals surface area contributed by atoms with E-state index < -0.39 is 0 Å². The van der Waals surface area contributed by atoms with Gasteiger partial charge >= 0.3 is 0 Å². The van der Waals surface area contributed by atoms with Gasteiger partial charge in [0.05, 0.1) is 0 Å². The largest absolute Gasteiger partial charge is 0.488 e. The second-order valence-corrected chi connectivity index (χ2v) is 4.98. The van der Waals surface area contributed by atoms with Gasteiger partial charge in [-0.25, -0.2) is 0 Å². The SMILES string of the molecule is CCCNCC1CCc2ccc3[nH]ccc3c2O1. The fraction of sp³-hybridized carbons (Fsp3) is 0.467. The summed E-state index contributed by atoms with van der Waals surface area (Å²) in [4.78, 5) is 3.24. The van der Waals surface area contributed by atoms with Crippen LogP contribution in [-0.4, -0.2) is 24.2 Å². The number of hydrogen-bond acceptors (Lipinski definition) is 2. The van der Waals surface area contributed by atoms with Crippen LogP contribution >= 0.6 is 0 Å². The number of aromatic amines is 1. The monoisotopic (exact) mass is 244 g/mol. The van der Waals surface area contributed by atoms with Crippen molar-refractivity contribution in [3.63, 3.8) is 0 Å². The zero-order valence-electron chi connectivity index (χ0n) is 10.8. The Labute approximate surface area is 108 Å². The normalized spacial score (nSPS) is 18.6. The number of rotatable bonds is 4. The minimum absolute atomic E-state index is 0.310. The predicted molar refractivity (Wildman–Crippen MR) is 74.2 cm³/mol. The molecule has 0 bridgehead atoms. The summed E-state index contributed by atoms with van der Waals surface area (Å²) in [6, 6.07) is 6.44. The lowest BCUT2D eigenvalue weighted by molar-refractivity contribution is 0.173. The van der Waals surface area contributed by atoms with Gasteiger partial charge in [-0.15, -0.1) is 0 Å². The molecule has 2 heterocycles. The highest BCUT2D eigenvalue weighted by atomic mass is 16.5. The summed E-state index contributed by atoms with van der Waals surface area (Å²) in [5, 5.41) is 4.66. The van der Waals surface area contributed by atoms with Crippen LogP contribution in [0.4, 0.5) is 0 Å². The molecule has 1 atom stereocenters. The molecule has 1 aromatic heterocycles. The number of fused-ring (bicyclic) bond motifs is 3. The standard InChI is InChI=1S/C15H20N2O/c1-2-8-16-10-12-5-3-11-4-6-14-13(7-9-17-14)15(11)18-12/h4,6-7,9,12,16-17H,2-3,5,8,10H2,1H3. The highest BCUT2D eigenvalue weighted by molar-refractivity contribution is 5.87. The molecule has 0 saturated heterocycles. The van der Waals surface area contributed by atoms with E-state index in [9.17, 15) is 0 Å². The number of H-pyrrole nitrogens is 1. The summed E-state index contributed by atoms with van der Waals surface area (Å²) in [5.74, 6) is 1.09. The summed E-state index contributed by atoms with van der Waals surface area (Å²) < 4.78 is 6.17. The first-order valence-corrected chi connectivity index (χ1v) is 6.85. The van der Waals surface area contributed by atoms with Gasteiger partial charge in [-0.1, -0.05) is 13.0 Å². The first kappa shape index (κ1) is 11.6. The minimum Gasteiger partial charge on any atom is -0.488 e. The van der Waals surface area contributed by atoms with Gasteiger partial charge in [-0.3, -0.25) is 0 Å². The molecule has 2 N–H and O–H groups in total. The third-order valence-electron chi connectivity index (χ3n) is 3.59. The second kappa shape index (κ2) is 5.02. The molecule has 1 aliphatic heterocycles. The Balaban J connectivity index is 1.80. The van der Waals surface area contributed by atoms with Crippen LogP contribution in [0.1, 0.15) is 25.3 Å². The van der Waals surface area contributed by atoms with Crippen molar-refractivity contribution < 1.29 is 4.74 Å². The lowest BCUT2D eigenvalue weighted by Crippen LogP contribution is -2.34. The smallest absolute Gasteiger partial charge is 0.132 e. The molecule has 2 aromatic rings. The molecule has 0 fully saturated rings. The number of benzene rings is 1. The molecular weight excluding hydrogens is 224 g/mol. The molecule has 18 heavy (non-hydrogen) atoms. The van der Waals surface area contributed by atoms with Crippen molar-refractivity contribution in [1.82, 2.24) is 10.3 Å². The first-order chi connectivity index (χ1) is 8.88. The first-order valence-electron chi connectivity index (χ1n) is 6.85. The van der Waals surface area contributed by atoms with Gasteiger partial charge in [0.1, 0.15) is 11.9 Å². The zero-order chi connectivity index (χ0) is 12.4. The van der Waals surface area contributed by atoms with E-state index in [4.69, 9.17) is 4.74 Å². The molecule has 1 aromatic carbocycles. The van der Waals surface area contributed by atoms with Crippen LogP contribution in [-0.2, 0) is 6.42 Å². The van der Waals surface area contributed by atoms with Crippen LogP contribution in [0.5, 0.6) is 5.75 Å². The molecule has 3 rings (SSSR count). The van der Waals surface area contributed by atoms with Gasteiger partial charge in [-0.05, 0) is 43.5 Å². The van der Waals surface area contributed by atoms with Gasteiger partial charge in [0.15, 0.2) is 0 Å². The van der Waals surface area contributed by atoms with Gasteiger partial charge in [0.2, 0.25) is 0 Å². The van der Waals surface area contributed by atoms with E-state index in [0.29, 0.717) is 6.10 Å². The lowest BCUT2D eigenvalue weighted by atomic mass is 10.00. The predicted octanol–water partition coefficient (Wildman–Crippen LogP) is 2.86. The number of ether oxygens (including phenoxy) is 1. The van der Waals surface area contributed by atoms with Gasteiger partial charge in [0.25, 0.3) is 0 Å². The van der Waals surface area contributed by atoms with E-state index in [1.54, 1.807) is 0 Å². The average molecular weight is 244 g/mol. The van der Waals surface area contributed by atoms with Crippen molar-refractivity contribution in [3.8, 4) is 5.75 Å². The Morgan fingerprint density at radius 2 is 2.33 bits per heavy atom. The van der Waals surface area contributed by atoms with Crippen LogP contribution < -0.4 is 10.1 Å². The maximum atomic E-state index is 6.17. The maximum Gasteiger partial charge on any atom is 0.132 e. The Bertz CT molecular complexity index is 532. The Morgan fingerprint density at radius 1 is 1.39 bits per heavy atom. The molecule has 0 aliphatic carbocycles. The van der Waals surface area contributed by atoms with Gasteiger partial charge in [-0.2, -0.15) is 0 Å². The van der Waals surface area contributed by atoms with Crippen molar-refractivity contribution in [3.05, 3.63) is 30.0 Å². The van der Waals surface area contributed by atoms with E-state index in [0.717, 1.165) is 37.2 Å². The quantitative estimate of drug-likeness (QED) is 0.811. The maximum absolute atomic E-state index is 6.17.